The van der Waals surface area contributed by atoms with Gasteiger partial charge < -0.3 is 5.32 Å². The van der Waals surface area contributed by atoms with Crippen molar-refractivity contribution in [2.45, 2.75) is 103 Å². The molecule has 0 aromatic rings. The molecule has 1 amide bonds. The average Bonchev–Trinajstić information content (AvgIpc) is 2.92. The van der Waals surface area contributed by atoms with E-state index in [9.17, 15) is 18.0 Å². The predicted octanol–water partition coefficient (Wildman–Crippen LogP) is 6.25. The topological polar surface area (TPSA) is 29.1 Å². The van der Waals surface area contributed by atoms with Gasteiger partial charge >= 0.3 is 12.1 Å². The van der Waals surface area contributed by atoms with E-state index in [1.54, 1.807) is 0 Å². The molecule has 4 saturated carbocycles. The first-order valence-corrected chi connectivity index (χ1v) is 11.5. The van der Waals surface area contributed by atoms with Gasteiger partial charge in [-0.05, 0) is 85.9 Å². The minimum Gasteiger partial charge on any atom is -0.342 e. The molecule has 0 unspecified atom stereocenters. The molecular formula is C23H36F3NO. The molecule has 4 rings (SSSR count). The van der Waals surface area contributed by atoms with E-state index in [-0.39, 0.29) is 16.7 Å². The molecule has 0 spiro atoms. The molecule has 0 aromatic carbocycles. The van der Waals surface area contributed by atoms with E-state index in [1.165, 1.54) is 25.7 Å². The minimum atomic E-state index is -4.81. The molecule has 2 nitrogen and oxygen atoms in total. The largest absolute Gasteiger partial charge is 0.471 e. The number of carbonyl (C=O) groups excluding carboxylic acids is 1. The maximum absolute atomic E-state index is 13.3. The zero-order chi connectivity index (χ0) is 20.4. The molecule has 4 fully saturated rings. The van der Waals surface area contributed by atoms with Gasteiger partial charge in [0.05, 0.1) is 0 Å². The van der Waals surface area contributed by atoms with Crippen LogP contribution in [-0.2, 0) is 4.79 Å². The molecule has 0 heterocycles. The molecule has 4 aliphatic carbocycles. The number of fused-ring (bicyclic) bond motifs is 5. The molecule has 0 aromatic heterocycles. The summed E-state index contributed by atoms with van der Waals surface area (Å²) >= 11 is 0. The minimum absolute atomic E-state index is 0.188. The maximum Gasteiger partial charge on any atom is 0.471 e. The standard InChI is InChI=1S/C23H36F3NO/c1-4-15-10-14-22(27-19(28)23(24,25)26)18-9-8-16-7-5-6-12-20(16,2)17(18)11-13-21(15,22)3/h15-18H,4-14H2,1-3H3,(H,27,28)/t15-,16-,17-,18+,20-,21+,22-/m0/s1. The van der Waals surface area contributed by atoms with Crippen LogP contribution < -0.4 is 5.32 Å². The van der Waals surface area contributed by atoms with Gasteiger partial charge in [-0.1, -0.05) is 40.0 Å². The summed E-state index contributed by atoms with van der Waals surface area (Å²) in [6, 6.07) is 0. The van der Waals surface area contributed by atoms with Crippen molar-refractivity contribution in [3.05, 3.63) is 0 Å². The lowest BCUT2D eigenvalue weighted by Crippen LogP contribution is -2.69. The lowest BCUT2D eigenvalue weighted by Gasteiger charge is -2.65. The van der Waals surface area contributed by atoms with Crippen LogP contribution in [0.4, 0.5) is 13.2 Å². The number of nitrogens with one attached hydrogen (secondary N) is 1. The lowest BCUT2D eigenvalue weighted by atomic mass is 9.42. The van der Waals surface area contributed by atoms with Crippen molar-refractivity contribution in [1.82, 2.24) is 5.32 Å². The third kappa shape index (κ3) is 2.70. The first-order valence-electron chi connectivity index (χ1n) is 11.5. The Kier molecular flexibility index (Phi) is 4.86. The second-order valence-corrected chi connectivity index (χ2v) is 10.8. The molecule has 0 saturated heterocycles. The van der Waals surface area contributed by atoms with Crippen molar-refractivity contribution in [3.8, 4) is 0 Å². The van der Waals surface area contributed by atoms with E-state index in [2.05, 4.69) is 26.1 Å². The Hall–Kier alpha value is -0.740. The number of halogens is 3. The Balaban J connectivity index is 1.75. The van der Waals surface area contributed by atoms with Crippen molar-refractivity contribution in [2.75, 3.05) is 0 Å². The van der Waals surface area contributed by atoms with Crippen molar-refractivity contribution >= 4 is 5.91 Å². The molecule has 1 N–H and O–H groups in total. The first kappa shape index (κ1) is 20.5. The van der Waals surface area contributed by atoms with Gasteiger partial charge in [0.25, 0.3) is 0 Å². The van der Waals surface area contributed by atoms with Gasteiger partial charge in [-0.2, -0.15) is 13.2 Å². The van der Waals surface area contributed by atoms with Crippen molar-refractivity contribution in [2.24, 2.45) is 34.5 Å². The third-order valence-electron chi connectivity index (χ3n) is 10.1. The Morgan fingerprint density at radius 3 is 2.39 bits per heavy atom. The van der Waals surface area contributed by atoms with Gasteiger partial charge in [-0.15, -0.1) is 0 Å². The van der Waals surface area contributed by atoms with Gasteiger partial charge in [0, 0.05) is 5.54 Å². The summed E-state index contributed by atoms with van der Waals surface area (Å²) in [6.45, 7) is 6.77. The zero-order valence-corrected chi connectivity index (χ0v) is 17.6. The SMILES string of the molecule is CC[C@H]1CC[C@]2(NC(=O)C(F)(F)F)[C@@H]3CC[C@@H]4CCCC[C@]4(C)[C@H]3CC[C@]12C. The van der Waals surface area contributed by atoms with E-state index < -0.39 is 17.6 Å². The molecule has 0 radical (unpaired) electrons. The van der Waals surface area contributed by atoms with Gasteiger partial charge in [-0.3, -0.25) is 4.79 Å². The van der Waals surface area contributed by atoms with Gasteiger partial charge in [0.2, 0.25) is 0 Å². The van der Waals surface area contributed by atoms with Crippen LogP contribution in [0.25, 0.3) is 0 Å². The molecule has 7 atom stereocenters. The number of rotatable bonds is 2. The molecular weight excluding hydrogens is 363 g/mol. The smallest absolute Gasteiger partial charge is 0.342 e. The quantitative estimate of drug-likeness (QED) is 0.584. The molecule has 160 valence electrons. The van der Waals surface area contributed by atoms with Crippen LogP contribution in [0.5, 0.6) is 0 Å². The van der Waals surface area contributed by atoms with Gasteiger partial charge in [0.15, 0.2) is 0 Å². The number of carbonyl (C=O) groups is 1. The fourth-order valence-electron chi connectivity index (χ4n) is 8.64. The maximum atomic E-state index is 13.3. The highest BCUT2D eigenvalue weighted by Gasteiger charge is 2.68. The number of hydrogen-bond donors (Lipinski definition) is 1. The highest BCUT2D eigenvalue weighted by molar-refractivity contribution is 5.82. The zero-order valence-electron chi connectivity index (χ0n) is 17.6. The molecule has 0 aliphatic heterocycles. The van der Waals surface area contributed by atoms with Crippen LogP contribution in [-0.4, -0.2) is 17.6 Å². The van der Waals surface area contributed by atoms with E-state index in [0.29, 0.717) is 24.2 Å². The van der Waals surface area contributed by atoms with Gasteiger partial charge in [0.1, 0.15) is 0 Å². The summed E-state index contributed by atoms with van der Waals surface area (Å²) in [4.78, 5) is 12.2. The van der Waals surface area contributed by atoms with Crippen LogP contribution in [0.15, 0.2) is 0 Å². The summed E-state index contributed by atoms with van der Waals surface area (Å²) in [5.74, 6) is 0.0359. The average molecular weight is 400 g/mol. The highest BCUT2D eigenvalue weighted by atomic mass is 19.4. The van der Waals surface area contributed by atoms with Gasteiger partial charge in [-0.25, -0.2) is 0 Å². The fourth-order valence-corrected chi connectivity index (χ4v) is 8.64. The number of hydrogen-bond acceptors (Lipinski definition) is 1. The van der Waals surface area contributed by atoms with Crippen LogP contribution in [0.3, 0.4) is 0 Å². The monoisotopic (exact) mass is 399 g/mol. The second kappa shape index (κ2) is 6.63. The summed E-state index contributed by atoms with van der Waals surface area (Å²) < 4.78 is 40.0. The third-order valence-corrected chi connectivity index (χ3v) is 10.1. The molecule has 0 bridgehead atoms. The van der Waals surface area contributed by atoms with Crippen molar-refractivity contribution in [3.63, 3.8) is 0 Å². The van der Waals surface area contributed by atoms with Crippen LogP contribution >= 0.6 is 0 Å². The molecule has 28 heavy (non-hydrogen) atoms. The van der Waals surface area contributed by atoms with E-state index in [0.717, 1.165) is 38.5 Å². The summed E-state index contributed by atoms with van der Waals surface area (Å²) in [5, 5.41) is 2.69. The van der Waals surface area contributed by atoms with E-state index in [1.807, 2.05) is 0 Å². The van der Waals surface area contributed by atoms with Crippen molar-refractivity contribution < 1.29 is 18.0 Å². The molecule has 4 aliphatic rings. The van der Waals surface area contributed by atoms with E-state index >= 15 is 0 Å². The molecule has 5 heteroatoms. The second-order valence-electron chi connectivity index (χ2n) is 10.8. The van der Waals surface area contributed by atoms with Crippen LogP contribution in [0.1, 0.15) is 91.4 Å². The van der Waals surface area contributed by atoms with Crippen LogP contribution in [0, 0.1) is 34.5 Å². The Labute approximate surface area is 167 Å². The fraction of sp³-hybridized carbons (Fsp3) is 0.957. The summed E-state index contributed by atoms with van der Waals surface area (Å²) in [7, 11) is 0. The highest BCUT2D eigenvalue weighted by Crippen LogP contribution is 2.69. The summed E-state index contributed by atoms with van der Waals surface area (Å²) in [6.07, 6.45) is 7.02. The van der Waals surface area contributed by atoms with Crippen LogP contribution in [0.2, 0.25) is 0 Å². The number of alkyl halides is 3. The lowest BCUT2D eigenvalue weighted by molar-refractivity contribution is -0.185. The predicted molar refractivity (Wildman–Crippen MR) is 104 cm³/mol. The Morgan fingerprint density at radius 1 is 0.964 bits per heavy atom. The summed E-state index contributed by atoms with van der Waals surface area (Å²) in [5.41, 5.74) is -0.668. The Morgan fingerprint density at radius 2 is 1.71 bits per heavy atom. The Bertz CT molecular complexity index is 634. The van der Waals surface area contributed by atoms with E-state index in [4.69, 9.17) is 0 Å². The number of amides is 1. The normalized spacial score (nSPS) is 48.4. The first-order chi connectivity index (χ1) is 13.1. The van der Waals surface area contributed by atoms with Crippen molar-refractivity contribution in [1.29, 1.82) is 0 Å².